The van der Waals surface area contributed by atoms with Crippen molar-refractivity contribution in [2.24, 2.45) is 0 Å². The van der Waals surface area contributed by atoms with Gasteiger partial charge in [-0.05, 0) is 55.2 Å². The second-order valence-electron chi connectivity index (χ2n) is 5.76. The molecule has 3 heterocycles. The zero-order chi connectivity index (χ0) is 14.3. The SMILES string of the molecule is CCc1[nH]nc(C(=O)N2CCC3C2CCCN3C)c1Br. The maximum atomic E-state index is 12.8. The van der Waals surface area contributed by atoms with Crippen LogP contribution in [0, 0.1) is 0 Å². The molecule has 0 aromatic carbocycles. The Morgan fingerprint density at radius 2 is 2.20 bits per heavy atom. The zero-order valence-electron chi connectivity index (χ0n) is 12.0. The van der Waals surface area contributed by atoms with E-state index in [0.717, 1.165) is 42.5 Å². The van der Waals surface area contributed by atoms with Crippen LogP contribution in [-0.2, 0) is 6.42 Å². The van der Waals surface area contributed by atoms with Crippen LogP contribution < -0.4 is 0 Å². The zero-order valence-corrected chi connectivity index (χ0v) is 13.6. The first-order chi connectivity index (χ1) is 9.63. The molecule has 6 heteroatoms. The number of fused-ring (bicyclic) bond motifs is 1. The second-order valence-corrected chi connectivity index (χ2v) is 6.56. The summed E-state index contributed by atoms with van der Waals surface area (Å²) >= 11 is 3.51. The van der Waals surface area contributed by atoms with E-state index in [1.54, 1.807) is 0 Å². The highest BCUT2D eigenvalue weighted by atomic mass is 79.9. The average molecular weight is 341 g/mol. The summed E-state index contributed by atoms with van der Waals surface area (Å²) < 4.78 is 0.831. The van der Waals surface area contributed by atoms with Crippen molar-refractivity contribution in [2.75, 3.05) is 20.1 Å². The molecule has 0 aliphatic carbocycles. The second kappa shape index (κ2) is 5.48. The van der Waals surface area contributed by atoms with Gasteiger partial charge in [-0.3, -0.25) is 9.89 Å². The highest BCUT2D eigenvalue weighted by Gasteiger charge is 2.42. The van der Waals surface area contributed by atoms with Gasteiger partial charge in [-0.1, -0.05) is 6.92 Å². The molecule has 1 N–H and O–H groups in total. The summed E-state index contributed by atoms with van der Waals surface area (Å²) in [4.78, 5) is 17.2. The molecule has 0 saturated carbocycles. The van der Waals surface area contributed by atoms with Gasteiger partial charge < -0.3 is 9.80 Å². The summed E-state index contributed by atoms with van der Waals surface area (Å²) in [5.41, 5.74) is 1.53. The molecule has 0 spiro atoms. The Morgan fingerprint density at radius 1 is 1.40 bits per heavy atom. The molecule has 3 rings (SSSR count). The number of hydrogen-bond acceptors (Lipinski definition) is 3. The number of carbonyl (C=O) groups excluding carboxylic acids is 1. The van der Waals surface area contributed by atoms with E-state index in [1.165, 1.54) is 6.42 Å². The molecule has 2 atom stereocenters. The lowest BCUT2D eigenvalue weighted by Gasteiger charge is -2.37. The third-order valence-electron chi connectivity index (χ3n) is 4.68. The van der Waals surface area contributed by atoms with Crippen molar-refractivity contribution in [3.05, 3.63) is 15.9 Å². The molecule has 5 nitrogen and oxygen atoms in total. The van der Waals surface area contributed by atoms with Gasteiger partial charge in [-0.2, -0.15) is 5.10 Å². The molecule has 0 bridgehead atoms. The van der Waals surface area contributed by atoms with Gasteiger partial charge in [0.05, 0.1) is 4.47 Å². The maximum absolute atomic E-state index is 12.8. The Kier molecular flexibility index (Phi) is 3.86. The largest absolute Gasteiger partial charge is 0.333 e. The average Bonchev–Trinajstić information content (AvgIpc) is 3.02. The molecule has 1 aromatic rings. The fourth-order valence-electron chi connectivity index (χ4n) is 3.54. The summed E-state index contributed by atoms with van der Waals surface area (Å²) in [7, 11) is 2.17. The molecule has 0 radical (unpaired) electrons. The predicted octanol–water partition coefficient (Wildman–Crippen LogP) is 2.04. The molecule has 20 heavy (non-hydrogen) atoms. The van der Waals surface area contributed by atoms with Crippen LogP contribution >= 0.6 is 15.9 Å². The summed E-state index contributed by atoms with van der Waals surface area (Å²) in [6, 6.07) is 0.881. The van der Waals surface area contributed by atoms with E-state index in [0.29, 0.717) is 17.8 Å². The van der Waals surface area contributed by atoms with E-state index in [-0.39, 0.29) is 5.91 Å². The van der Waals surface area contributed by atoms with Crippen molar-refractivity contribution < 1.29 is 4.79 Å². The number of aromatic amines is 1. The number of hydrogen-bond donors (Lipinski definition) is 1. The predicted molar refractivity (Wildman–Crippen MR) is 80.8 cm³/mol. The number of nitrogens with zero attached hydrogens (tertiary/aromatic N) is 3. The van der Waals surface area contributed by atoms with Crippen LogP contribution in [0.1, 0.15) is 42.4 Å². The summed E-state index contributed by atoms with van der Waals surface area (Å²) in [6.07, 6.45) is 4.21. The number of carbonyl (C=O) groups is 1. The molecular weight excluding hydrogens is 320 g/mol. The topological polar surface area (TPSA) is 52.2 Å². The molecule has 2 aliphatic heterocycles. The smallest absolute Gasteiger partial charge is 0.275 e. The van der Waals surface area contributed by atoms with Crippen LogP contribution in [0.4, 0.5) is 0 Å². The fourth-order valence-corrected chi connectivity index (χ4v) is 4.17. The maximum Gasteiger partial charge on any atom is 0.275 e. The molecule has 1 amide bonds. The molecule has 2 saturated heterocycles. The number of likely N-dealkylation sites (N-methyl/N-ethyl adjacent to an activating group) is 1. The van der Waals surface area contributed by atoms with Crippen LogP contribution in [-0.4, -0.2) is 58.1 Å². The van der Waals surface area contributed by atoms with Crippen LogP contribution in [0.15, 0.2) is 4.47 Å². The Balaban J connectivity index is 1.82. The first-order valence-corrected chi connectivity index (χ1v) is 8.16. The van der Waals surface area contributed by atoms with Gasteiger partial charge in [0.1, 0.15) is 0 Å². The monoisotopic (exact) mass is 340 g/mol. The summed E-state index contributed by atoms with van der Waals surface area (Å²) in [6.45, 7) is 4.04. The standard InChI is InChI=1S/C14H21BrN4O/c1-3-9-12(15)13(17-16-9)14(20)19-8-6-10-11(19)5-4-7-18(10)2/h10-11H,3-8H2,1-2H3,(H,16,17). The molecular formula is C14H21BrN4O. The third kappa shape index (κ3) is 2.19. The van der Waals surface area contributed by atoms with Crippen molar-refractivity contribution in [3.8, 4) is 0 Å². The molecule has 2 fully saturated rings. The van der Waals surface area contributed by atoms with Gasteiger partial charge in [0.2, 0.25) is 0 Å². The Labute approximate surface area is 127 Å². The molecule has 110 valence electrons. The van der Waals surface area contributed by atoms with Crippen molar-refractivity contribution in [2.45, 2.75) is 44.7 Å². The van der Waals surface area contributed by atoms with Crippen LogP contribution in [0.3, 0.4) is 0 Å². The number of nitrogens with one attached hydrogen (secondary N) is 1. The van der Waals surface area contributed by atoms with Crippen LogP contribution in [0.2, 0.25) is 0 Å². The van der Waals surface area contributed by atoms with E-state index in [1.807, 2.05) is 4.90 Å². The van der Waals surface area contributed by atoms with E-state index in [4.69, 9.17) is 0 Å². The van der Waals surface area contributed by atoms with Crippen LogP contribution in [0.25, 0.3) is 0 Å². The summed E-state index contributed by atoms with van der Waals surface area (Å²) in [5, 5.41) is 7.17. The van der Waals surface area contributed by atoms with Crippen molar-refractivity contribution in [1.82, 2.24) is 20.0 Å². The first-order valence-electron chi connectivity index (χ1n) is 7.37. The van der Waals surface area contributed by atoms with Gasteiger partial charge >= 0.3 is 0 Å². The number of likely N-dealkylation sites (tertiary alicyclic amines) is 2. The van der Waals surface area contributed by atoms with Gasteiger partial charge in [0.25, 0.3) is 5.91 Å². The molecule has 2 aliphatic rings. The number of H-pyrrole nitrogens is 1. The summed E-state index contributed by atoms with van der Waals surface area (Å²) in [5.74, 6) is 0.0654. The Morgan fingerprint density at radius 3 is 2.90 bits per heavy atom. The van der Waals surface area contributed by atoms with E-state index in [2.05, 4.69) is 45.0 Å². The van der Waals surface area contributed by atoms with E-state index >= 15 is 0 Å². The minimum Gasteiger partial charge on any atom is -0.333 e. The lowest BCUT2D eigenvalue weighted by atomic mass is 9.97. The van der Waals surface area contributed by atoms with Gasteiger partial charge in [0.15, 0.2) is 5.69 Å². The minimum atomic E-state index is 0.0654. The Bertz CT molecular complexity index is 515. The minimum absolute atomic E-state index is 0.0654. The Hall–Kier alpha value is -0.880. The van der Waals surface area contributed by atoms with Crippen LogP contribution in [0.5, 0.6) is 0 Å². The van der Waals surface area contributed by atoms with Crippen molar-refractivity contribution >= 4 is 21.8 Å². The molecule has 1 aromatic heterocycles. The highest BCUT2D eigenvalue weighted by Crippen LogP contribution is 2.32. The normalized spacial score (nSPS) is 26.9. The third-order valence-corrected chi connectivity index (χ3v) is 5.53. The molecule has 2 unspecified atom stereocenters. The van der Waals surface area contributed by atoms with E-state index in [9.17, 15) is 4.79 Å². The number of amides is 1. The fraction of sp³-hybridized carbons (Fsp3) is 0.714. The van der Waals surface area contributed by atoms with E-state index < -0.39 is 0 Å². The quantitative estimate of drug-likeness (QED) is 0.896. The van der Waals surface area contributed by atoms with Gasteiger partial charge in [-0.25, -0.2) is 0 Å². The lowest BCUT2D eigenvalue weighted by Crippen LogP contribution is -2.49. The van der Waals surface area contributed by atoms with Crippen molar-refractivity contribution in [3.63, 3.8) is 0 Å². The van der Waals surface area contributed by atoms with Gasteiger partial charge in [-0.15, -0.1) is 0 Å². The number of piperidine rings is 1. The number of aryl methyl sites for hydroxylation is 1. The number of aromatic nitrogens is 2. The lowest BCUT2D eigenvalue weighted by molar-refractivity contribution is 0.0625. The van der Waals surface area contributed by atoms with Gasteiger partial charge in [0, 0.05) is 24.3 Å². The number of halogens is 1. The number of rotatable bonds is 2. The highest BCUT2D eigenvalue weighted by molar-refractivity contribution is 9.10. The first kappa shape index (κ1) is 14.1. The van der Waals surface area contributed by atoms with Crippen molar-refractivity contribution in [1.29, 1.82) is 0 Å².